The van der Waals surface area contributed by atoms with Crippen molar-refractivity contribution >= 4 is 34.9 Å². The number of rotatable bonds is 7. The second kappa shape index (κ2) is 9.66. The third kappa shape index (κ3) is 6.13. The summed E-state index contributed by atoms with van der Waals surface area (Å²) >= 11 is 1.52. The monoisotopic (exact) mass is 419 g/mol. The molecule has 0 saturated carbocycles. The molecule has 0 bridgehead atoms. The highest BCUT2D eigenvalue weighted by atomic mass is 32.1. The van der Waals surface area contributed by atoms with Gasteiger partial charge in [-0.3, -0.25) is 19.3 Å². The molecule has 3 rings (SSSR count). The normalized spacial score (nSPS) is 15.7. The fraction of sp³-hybridized carbons (Fsp3) is 0.474. The molecule has 0 radical (unpaired) electrons. The summed E-state index contributed by atoms with van der Waals surface area (Å²) in [5.74, 6) is 0.710. The first-order valence-electron chi connectivity index (χ1n) is 9.44. The highest BCUT2D eigenvalue weighted by Gasteiger charge is 2.26. The topological polar surface area (TPSA) is 108 Å². The van der Waals surface area contributed by atoms with Crippen LogP contribution >= 0.6 is 11.3 Å². The zero-order valence-electron chi connectivity index (χ0n) is 16.5. The van der Waals surface area contributed by atoms with Crippen LogP contribution in [0.1, 0.15) is 30.0 Å². The van der Waals surface area contributed by atoms with Crippen LogP contribution in [-0.2, 0) is 14.4 Å². The van der Waals surface area contributed by atoms with E-state index in [4.69, 9.17) is 4.52 Å². The van der Waals surface area contributed by atoms with E-state index >= 15 is 0 Å². The maximum Gasteiger partial charge on any atom is 0.239 e. The summed E-state index contributed by atoms with van der Waals surface area (Å²) in [6.07, 6.45) is 0.228. The van der Waals surface area contributed by atoms with Crippen LogP contribution in [0.25, 0.3) is 0 Å². The maximum absolute atomic E-state index is 12.7. The predicted octanol–water partition coefficient (Wildman–Crippen LogP) is 1.39. The van der Waals surface area contributed by atoms with Gasteiger partial charge in [-0.25, -0.2) is 0 Å². The molecule has 1 aliphatic heterocycles. The van der Waals surface area contributed by atoms with Crippen LogP contribution in [-0.4, -0.2) is 65.4 Å². The first kappa shape index (κ1) is 21.0. The molecule has 2 aromatic rings. The average molecular weight is 420 g/mol. The van der Waals surface area contributed by atoms with Crippen molar-refractivity contribution < 1.29 is 18.9 Å². The number of piperazine rings is 1. The number of aromatic nitrogens is 1. The molecule has 29 heavy (non-hydrogen) atoms. The van der Waals surface area contributed by atoms with Crippen molar-refractivity contribution in [2.45, 2.75) is 26.3 Å². The van der Waals surface area contributed by atoms with Crippen molar-refractivity contribution in [2.75, 3.05) is 38.0 Å². The van der Waals surface area contributed by atoms with E-state index in [1.54, 1.807) is 17.9 Å². The van der Waals surface area contributed by atoms with Gasteiger partial charge >= 0.3 is 0 Å². The van der Waals surface area contributed by atoms with Crippen molar-refractivity contribution in [3.05, 3.63) is 34.2 Å². The number of aryl methyl sites for hydroxylation is 1. The molecule has 9 nitrogen and oxygen atoms in total. The van der Waals surface area contributed by atoms with E-state index in [9.17, 15) is 14.4 Å². The molecule has 2 N–H and O–H groups in total. The smallest absolute Gasteiger partial charge is 0.239 e. The minimum atomic E-state index is -0.310. The first-order valence-corrected chi connectivity index (χ1v) is 10.3. The van der Waals surface area contributed by atoms with Gasteiger partial charge in [0.2, 0.25) is 17.7 Å². The summed E-state index contributed by atoms with van der Waals surface area (Å²) in [5, 5.41) is 11.2. The lowest BCUT2D eigenvalue weighted by atomic mass is 10.1. The van der Waals surface area contributed by atoms with Crippen molar-refractivity contribution in [1.29, 1.82) is 0 Å². The third-order valence-electron chi connectivity index (χ3n) is 4.63. The van der Waals surface area contributed by atoms with Gasteiger partial charge in [-0.2, -0.15) is 0 Å². The third-order valence-corrected chi connectivity index (χ3v) is 5.62. The molecule has 1 atom stereocenters. The van der Waals surface area contributed by atoms with Gasteiger partial charge in [-0.1, -0.05) is 11.2 Å². The quantitative estimate of drug-likeness (QED) is 0.702. The molecular formula is C19H25N5O4S. The second-order valence-electron chi connectivity index (χ2n) is 7.00. The van der Waals surface area contributed by atoms with Crippen LogP contribution in [0.15, 0.2) is 28.1 Å². The first-order chi connectivity index (χ1) is 13.9. The Morgan fingerprint density at radius 3 is 2.62 bits per heavy atom. The van der Waals surface area contributed by atoms with E-state index in [1.165, 1.54) is 18.3 Å². The molecule has 0 aromatic carbocycles. The van der Waals surface area contributed by atoms with Crippen LogP contribution in [0.2, 0.25) is 0 Å². The van der Waals surface area contributed by atoms with Gasteiger partial charge in [0.1, 0.15) is 5.76 Å². The molecule has 3 heterocycles. The van der Waals surface area contributed by atoms with Gasteiger partial charge in [0.25, 0.3) is 0 Å². The van der Waals surface area contributed by atoms with Crippen molar-refractivity contribution in [1.82, 2.24) is 20.3 Å². The Labute approximate surface area is 173 Å². The molecule has 2 aromatic heterocycles. The highest BCUT2D eigenvalue weighted by molar-refractivity contribution is 7.10. The number of carbonyl (C=O) groups is 3. The summed E-state index contributed by atoms with van der Waals surface area (Å²) in [5.41, 5.74) is 0. The number of nitrogens with zero attached hydrogens (tertiary/aromatic N) is 3. The molecule has 3 amide bonds. The molecule has 0 spiro atoms. The van der Waals surface area contributed by atoms with Crippen molar-refractivity contribution in [3.8, 4) is 0 Å². The summed E-state index contributed by atoms with van der Waals surface area (Å²) < 4.78 is 4.93. The van der Waals surface area contributed by atoms with Gasteiger partial charge in [-0.05, 0) is 18.4 Å². The number of hydrogen-bond donors (Lipinski definition) is 2. The van der Waals surface area contributed by atoms with Crippen LogP contribution in [0, 0.1) is 6.92 Å². The van der Waals surface area contributed by atoms with E-state index in [0.29, 0.717) is 37.8 Å². The Kier molecular flexibility index (Phi) is 6.99. The number of nitrogens with one attached hydrogen (secondary N) is 2. The van der Waals surface area contributed by atoms with Crippen LogP contribution in [0.4, 0.5) is 5.82 Å². The van der Waals surface area contributed by atoms with Crippen molar-refractivity contribution in [2.24, 2.45) is 0 Å². The number of thiophene rings is 1. The van der Waals surface area contributed by atoms with Crippen LogP contribution in [0.3, 0.4) is 0 Å². The Hall–Kier alpha value is -2.72. The molecule has 0 aliphatic carbocycles. The van der Waals surface area contributed by atoms with Gasteiger partial charge in [0, 0.05) is 44.0 Å². The lowest BCUT2D eigenvalue weighted by molar-refractivity contribution is -0.133. The van der Waals surface area contributed by atoms with E-state index < -0.39 is 0 Å². The van der Waals surface area contributed by atoms with Gasteiger partial charge in [0.05, 0.1) is 19.0 Å². The molecule has 1 aliphatic rings. The Morgan fingerprint density at radius 1 is 1.28 bits per heavy atom. The lowest BCUT2D eigenvalue weighted by Crippen LogP contribution is -2.51. The molecule has 156 valence electrons. The minimum absolute atomic E-state index is 0.000626. The van der Waals surface area contributed by atoms with Gasteiger partial charge < -0.3 is 20.1 Å². The van der Waals surface area contributed by atoms with E-state index in [1.807, 2.05) is 22.4 Å². The van der Waals surface area contributed by atoms with Crippen molar-refractivity contribution in [3.63, 3.8) is 0 Å². The standard InChI is InChI=1S/C19H25N5O4S/c1-13-10-17(22-28-13)21-18(26)12-23-5-7-24(8-6-23)19(27)11-15(20-14(2)25)16-4-3-9-29-16/h3-4,9-10,15H,5-8,11-12H2,1-2H3,(H,20,25)(H,21,22,26). The Bertz CT molecular complexity index is 843. The lowest BCUT2D eigenvalue weighted by Gasteiger charge is -2.35. The molecule has 1 unspecified atom stereocenters. The molecule has 1 fully saturated rings. The largest absolute Gasteiger partial charge is 0.360 e. The zero-order chi connectivity index (χ0) is 20.8. The average Bonchev–Trinajstić information content (AvgIpc) is 3.33. The molecule has 1 saturated heterocycles. The summed E-state index contributed by atoms with van der Waals surface area (Å²) in [4.78, 5) is 41.1. The Balaban J connectivity index is 1.46. The Morgan fingerprint density at radius 2 is 2.03 bits per heavy atom. The number of hydrogen-bond acceptors (Lipinski definition) is 7. The second-order valence-corrected chi connectivity index (χ2v) is 7.98. The summed E-state index contributed by atoms with van der Waals surface area (Å²) in [6, 6.07) is 5.18. The SMILES string of the molecule is CC(=O)NC(CC(=O)N1CCN(CC(=O)Nc2cc(C)on2)CC1)c1cccs1. The van der Waals surface area contributed by atoms with Crippen LogP contribution in [0.5, 0.6) is 0 Å². The summed E-state index contributed by atoms with van der Waals surface area (Å²) in [7, 11) is 0. The van der Waals surface area contributed by atoms with E-state index in [-0.39, 0.29) is 36.7 Å². The molecular weight excluding hydrogens is 394 g/mol. The fourth-order valence-corrected chi connectivity index (χ4v) is 4.01. The number of carbonyl (C=O) groups excluding carboxylic acids is 3. The van der Waals surface area contributed by atoms with E-state index in [0.717, 1.165) is 4.88 Å². The highest BCUT2D eigenvalue weighted by Crippen LogP contribution is 2.23. The fourth-order valence-electron chi connectivity index (χ4n) is 3.23. The number of anilines is 1. The van der Waals surface area contributed by atoms with Gasteiger partial charge in [-0.15, -0.1) is 11.3 Å². The summed E-state index contributed by atoms with van der Waals surface area (Å²) in [6.45, 7) is 5.77. The van der Waals surface area contributed by atoms with E-state index in [2.05, 4.69) is 15.8 Å². The molecule has 10 heteroatoms. The predicted molar refractivity (Wildman–Crippen MR) is 108 cm³/mol. The van der Waals surface area contributed by atoms with Gasteiger partial charge in [0.15, 0.2) is 5.82 Å². The van der Waals surface area contributed by atoms with Crippen LogP contribution < -0.4 is 10.6 Å². The zero-order valence-corrected chi connectivity index (χ0v) is 17.3. The minimum Gasteiger partial charge on any atom is -0.360 e. The number of amides is 3. The maximum atomic E-state index is 12.7.